The highest BCUT2D eigenvalue weighted by Crippen LogP contribution is 2.16. The second-order valence-electron chi connectivity index (χ2n) is 5.24. The van der Waals surface area contributed by atoms with Crippen LogP contribution in [0.3, 0.4) is 0 Å². The van der Waals surface area contributed by atoms with Crippen LogP contribution in [0, 0.1) is 0 Å². The summed E-state index contributed by atoms with van der Waals surface area (Å²) in [6.45, 7) is 3.33. The Morgan fingerprint density at radius 1 is 0.731 bits per heavy atom. The number of benzene rings is 2. The maximum Gasteiger partial charge on any atom is 0.331 e. The van der Waals surface area contributed by atoms with Crippen molar-refractivity contribution >= 4 is 46.4 Å². The fourth-order valence-corrected chi connectivity index (χ4v) is 2.55. The Labute approximate surface area is 160 Å². The van der Waals surface area contributed by atoms with Crippen molar-refractivity contribution in [1.29, 1.82) is 0 Å². The molecular weight excluding hydrogens is 375 g/mol. The van der Waals surface area contributed by atoms with Gasteiger partial charge in [-0.25, -0.2) is 10.9 Å². The van der Waals surface area contributed by atoms with Crippen molar-refractivity contribution < 1.29 is 9.59 Å². The van der Waals surface area contributed by atoms with Crippen molar-refractivity contribution in [2.45, 2.75) is 13.8 Å². The van der Waals surface area contributed by atoms with Gasteiger partial charge in [-0.05, 0) is 26.0 Å². The van der Waals surface area contributed by atoms with Crippen LogP contribution in [0.2, 0.25) is 10.0 Å². The summed E-state index contributed by atoms with van der Waals surface area (Å²) in [7, 11) is 0. The summed E-state index contributed by atoms with van der Waals surface area (Å²) >= 11 is 12.1. The lowest BCUT2D eigenvalue weighted by molar-refractivity contribution is -0.139. The molecule has 2 aromatic carbocycles. The Bertz CT molecular complexity index is 821. The summed E-state index contributed by atoms with van der Waals surface area (Å²) in [5.41, 5.74) is 6.57. The molecule has 6 nitrogen and oxygen atoms in total. The lowest BCUT2D eigenvalue weighted by Crippen LogP contribution is -2.36. The Hall–Kier alpha value is -2.70. The predicted molar refractivity (Wildman–Crippen MR) is 104 cm³/mol. The first-order valence-corrected chi connectivity index (χ1v) is 8.34. The fraction of sp³-hybridized carbons (Fsp3) is 0.111. The number of hydrogen-bond acceptors (Lipinski definition) is 4. The smallest absolute Gasteiger partial charge is 0.262 e. The van der Waals surface area contributed by atoms with E-state index in [-0.39, 0.29) is 0 Å². The van der Waals surface area contributed by atoms with Crippen LogP contribution in [0.1, 0.15) is 25.0 Å². The number of nitrogens with one attached hydrogen (secondary N) is 2. The van der Waals surface area contributed by atoms with Gasteiger partial charge in [-0.2, -0.15) is 10.2 Å². The molecule has 0 saturated heterocycles. The first kappa shape index (κ1) is 19.6. The third kappa shape index (κ3) is 5.15. The van der Waals surface area contributed by atoms with Gasteiger partial charge in [-0.1, -0.05) is 59.6 Å². The molecule has 2 amide bonds. The van der Waals surface area contributed by atoms with Crippen LogP contribution >= 0.6 is 23.2 Å². The molecule has 26 heavy (non-hydrogen) atoms. The third-order valence-corrected chi connectivity index (χ3v) is 4.04. The molecule has 0 bridgehead atoms. The van der Waals surface area contributed by atoms with Gasteiger partial charge in [0.15, 0.2) is 0 Å². The summed E-state index contributed by atoms with van der Waals surface area (Å²) in [5, 5.41) is 8.74. The van der Waals surface area contributed by atoms with Gasteiger partial charge >= 0.3 is 11.8 Å². The van der Waals surface area contributed by atoms with Gasteiger partial charge < -0.3 is 0 Å². The first-order valence-electron chi connectivity index (χ1n) is 7.59. The van der Waals surface area contributed by atoms with Gasteiger partial charge in [0.05, 0.1) is 11.4 Å². The molecule has 0 fully saturated rings. The summed E-state index contributed by atoms with van der Waals surface area (Å²) in [4.78, 5) is 23.6. The van der Waals surface area contributed by atoms with Crippen LogP contribution in [-0.4, -0.2) is 23.2 Å². The third-order valence-electron chi connectivity index (χ3n) is 3.38. The quantitative estimate of drug-likeness (QED) is 0.476. The number of carbonyl (C=O) groups is 2. The van der Waals surface area contributed by atoms with Gasteiger partial charge in [-0.15, -0.1) is 0 Å². The van der Waals surface area contributed by atoms with Crippen LogP contribution in [0.5, 0.6) is 0 Å². The summed E-state index contributed by atoms with van der Waals surface area (Å²) in [6, 6.07) is 14.1. The van der Waals surface area contributed by atoms with Crippen LogP contribution < -0.4 is 10.9 Å². The monoisotopic (exact) mass is 390 g/mol. The fourth-order valence-electron chi connectivity index (χ4n) is 2.00. The number of amides is 2. The number of nitrogens with zero attached hydrogens (tertiary/aromatic N) is 2. The lowest BCUT2D eigenvalue weighted by atomic mass is 10.1. The molecule has 2 aromatic rings. The van der Waals surface area contributed by atoms with Crippen molar-refractivity contribution in [3.8, 4) is 0 Å². The average molecular weight is 391 g/mol. The first-order chi connectivity index (χ1) is 12.4. The largest absolute Gasteiger partial charge is 0.331 e. The Morgan fingerprint density at radius 2 is 1.08 bits per heavy atom. The van der Waals surface area contributed by atoms with Gasteiger partial charge in [0.1, 0.15) is 0 Å². The zero-order chi connectivity index (χ0) is 19.1. The zero-order valence-electron chi connectivity index (χ0n) is 14.1. The minimum absolute atomic E-state index is 0.465. The topological polar surface area (TPSA) is 82.9 Å². The van der Waals surface area contributed by atoms with E-state index in [2.05, 4.69) is 21.1 Å². The molecular formula is C18H16Cl2N4O2. The number of halogens is 2. The van der Waals surface area contributed by atoms with E-state index < -0.39 is 11.8 Å². The van der Waals surface area contributed by atoms with E-state index in [1.807, 2.05) is 0 Å². The second-order valence-corrected chi connectivity index (χ2v) is 6.05. The predicted octanol–water partition coefficient (Wildman–Crippen LogP) is 3.37. The van der Waals surface area contributed by atoms with Crippen LogP contribution in [0.15, 0.2) is 58.7 Å². The number of rotatable bonds is 4. The molecule has 8 heteroatoms. The van der Waals surface area contributed by atoms with Crippen molar-refractivity contribution in [1.82, 2.24) is 10.9 Å². The molecule has 0 saturated carbocycles. The Morgan fingerprint density at radius 3 is 1.42 bits per heavy atom. The van der Waals surface area contributed by atoms with Crippen molar-refractivity contribution in [2.75, 3.05) is 0 Å². The highest BCUT2D eigenvalue weighted by Gasteiger charge is 2.13. The SMILES string of the molecule is C/C(=N\NC(=O)C(=O)N/N=C(\C)c1ccccc1Cl)c1ccccc1Cl. The minimum Gasteiger partial charge on any atom is -0.262 e. The van der Waals surface area contributed by atoms with E-state index in [4.69, 9.17) is 23.2 Å². The number of hydrazone groups is 2. The second kappa shape index (κ2) is 9.12. The van der Waals surface area contributed by atoms with Crippen LogP contribution in [0.4, 0.5) is 0 Å². The maximum atomic E-state index is 11.8. The van der Waals surface area contributed by atoms with E-state index in [1.54, 1.807) is 62.4 Å². The Kier molecular flexibility index (Phi) is 6.89. The van der Waals surface area contributed by atoms with E-state index in [0.717, 1.165) is 0 Å². The standard InChI is InChI=1S/C18H16Cl2N4O2/c1-11(13-7-3-5-9-15(13)19)21-23-17(25)18(26)24-22-12(2)14-8-4-6-10-16(14)20/h3-10H,1-2H3,(H,23,25)(H,24,26)/b21-11+,22-12+. The van der Waals surface area contributed by atoms with E-state index in [1.165, 1.54) is 0 Å². The highest BCUT2D eigenvalue weighted by atomic mass is 35.5. The molecule has 0 unspecified atom stereocenters. The number of hydrogen-bond donors (Lipinski definition) is 2. The molecule has 2 rings (SSSR count). The molecule has 0 heterocycles. The minimum atomic E-state index is -0.952. The molecule has 0 radical (unpaired) electrons. The Balaban J connectivity index is 1.99. The van der Waals surface area contributed by atoms with Gasteiger partial charge in [0.25, 0.3) is 0 Å². The normalized spacial score (nSPS) is 11.8. The average Bonchev–Trinajstić information content (AvgIpc) is 2.64. The van der Waals surface area contributed by atoms with Crippen LogP contribution in [0.25, 0.3) is 0 Å². The van der Waals surface area contributed by atoms with Gasteiger partial charge in [-0.3, -0.25) is 9.59 Å². The van der Waals surface area contributed by atoms with Crippen LogP contribution in [-0.2, 0) is 9.59 Å². The van der Waals surface area contributed by atoms with Crippen molar-refractivity contribution in [3.05, 3.63) is 69.7 Å². The molecule has 0 aliphatic heterocycles. The molecule has 0 spiro atoms. The summed E-state index contributed by atoms with van der Waals surface area (Å²) in [5.74, 6) is -1.90. The van der Waals surface area contributed by atoms with E-state index in [0.29, 0.717) is 32.6 Å². The molecule has 2 N–H and O–H groups in total. The summed E-state index contributed by atoms with van der Waals surface area (Å²) < 4.78 is 0. The number of carbonyl (C=O) groups excluding carboxylic acids is 2. The van der Waals surface area contributed by atoms with Crippen molar-refractivity contribution in [2.24, 2.45) is 10.2 Å². The molecule has 134 valence electrons. The maximum absolute atomic E-state index is 11.8. The molecule has 0 atom stereocenters. The van der Waals surface area contributed by atoms with Gasteiger partial charge in [0, 0.05) is 21.2 Å². The molecule has 0 aromatic heterocycles. The van der Waals surface area contributed by atoms with E-state index >= 15 is 0 Å². The zero-order valence-corrected chi connectivity index (χ0v) is 15.6. The van der Waals surface area contributed by atoms with Gasteiger partial charge in [0.2, 0.25) is 0 Å². The van der Waals surface area contributed by atoms with E-state index in [9.17, 15) is 9.59 Å². The highest BCUT2D eigenvalue weighted by molar-refractivity contribution is 6.36. The summed E-state index contributed by atoms with van der Waals surface area (Å²) in [6.07, 6.45) is 0. The molecule has 0 aliphatic carbocycles. The lowest BCUT2D eigenvalue weighted by Gasteiger charge is -2.05. The molecule has 0 aliphatic rings. The van der Waals surface area contributed by atoms with Crippen molar-refractivity contribution in [3.63, 3.8) is 0 Å².